The van der Waals surface area contributed by atoms with Crippen molar-refractivity contribution in [3.63, 3.8) is 0 Å². The second-order valence-electron chi connectivity index (χ2n) is 7.98. The van der Waals surface area contributed by atoms with Crippen LogP contribution < -0.4 is 10.1 Å². The van der Waals surface area contributed by atoms with Gasteiger partial charge in [-0.25, -0.2) is 0 Å². The van der Waals surface area contributed by atoms with E-state index in [-0.39, 0.29) is 6.04 Å². The minimum absolute atomic E-state index is 0.329. The van der Waals surface area contributed by atoms with Gasteiger partial charge in [-0.05, 0) is 42.3 Å². The minimum atomic E-state index is -4.38. The fraction of sp³-hybridized carbons (Fsp3) is 0.308. The first-order valence-electron chi connectivity index (χ1n) is 10.9. The van der Waals surface area contributed by atoms with E-state index < -0.39 is 11.7 Å². The topological polar surface area (TPSA) is 24.5 Å². The molecule has 3 nitrogen and oxygen atoms in total. The highest BCUT2D eigenvalue weighted by atomic mass is 19.4. The van der Waals surface area contributed by atoms with E-state index >= 15 is 0 Å². The molecule has 1 aliphatic heterocycles. The summed E-state index contributed by atoms with van der Waals surface area (Å²) < 4.78 is 46.6. The highest BCUT2D eigenvalue weighted by molar-refractivity contribution is 5.43. The van der Waals surface area contributed by atoms with Crippen LogP contribution in [0.5, 0.6) is 5.75 Å². The van der Waals surface area contributed by atoms with Crippen LogP contribution in [0.2, 0.25) is 0 Å². The van der Waals surface area contributed by atoms with Crippen LogP contribution in [-0.2, 0) is 12.8 Å². The smallest absolute Gasteiger partial charge is 0.416 e. The van der Waals surface area contributed by atoms with Crippen LogP contribution in [-0.4, -0.2) is 31.1 Å². The zero-order valence-electron chi connectivity index (χ0n) is 17.8. The average molecular weight is 441 g/mol. The largest absolute Gasteiger partial charge is 0.489 e. The molecule has 0 aliphatic carbocycles. The maximum atomic E-state index is 13.5. The fourth-order valence-electron chi connectivity index (χ4n) is 4.17. The molecule has 1 atom stereocenters. The molecule has 1 fully saturated rings. The monoisotopic (exact) mass is 440 g/mol. The van der Waals surface area contributed by atoms with Crippen LogP contribution in [0.3, 0.4) is 0 Å². The van der Waals surface area contributed by atoms with E-state index in [1.54, 1.807) is 6.07 Å². The summed E-state index contributed by atoms with van der Waals surface area (Å²) in [6.07, 6.45) is -3.45. The Morgan fingerprint density at radius 3 is 2.47 bits per heavy atom. The Balaban J connectivity index is 1.72. The first-order chi connectivity index (χ1) is 15.5. The quantitative estimate of drug-likeness (QED) is 0.535. The van der Waals surface area contributed by atoms with Crippen LogP contribution in [0.1, 0.15) is 34.7 Å². The van der Waals surface area contributed by atoms with Gasteiger partial charge < -0.3 is 10.1 Å². The Morgan fingerprint density at radius 2 is 1.66 bits per heavy atom. The Bertz CT molecular complexity index is 999. The summed E-state index contributed by atoms with van der Waals surface area (Å²) in [4.78, 5) is 2.25. The zero-order valence-corrected chi connectivity index (χ0v) is 17.8. The number of nitrogens with zero attached hydrogens (tertiary/aromatic N) is 1. The van der Waals surface area contributed by atoms with E-state index in [4.69, 9.17) is 4.74 Å². The number of ether oxygens (including phenoxy) is 1. The summed E-state index contributed by atoms with van der Waals surface area (Å²) in [5.74, 6) is 0.691. The van der Waals surface area contributed by atoms with Crippen LogP contribution in [0.4, 0.5) is 13.2 Å². The normalized spacial score (nSPS) is 16.3. The van der Waals surface area contributed by atoms with Gasteiger partial charge in [-0.2, -0.15) is 13.2 Å². The number of nitrogens with one attached hydrogen (secondary N) is 1. The van der Waals surface area contributed by atoms with Gasteiger partial charge in [0.05, 0.1) is 11.6 Å². The zero-order chi connectivity index (χ0) is 22.4. The molecule has 1 aliphatic rings. The van der Waals surface area contributed by atoms with E-state index in [0.717, 1.165) is 49.8 Å². The molecule has 3 aromatic rings. The summed E-state index contributed by atoms with van der Waals surface area (Å²) in [5, 5.41) is 3.38. The van der Waals surface area contributed by atoms with Crippen molar-refractivity contribution in [3.8, 4) is 5.75 Å². The molecule has 168 valence electrons. The molecule has 3 aromatic carbocycles. The number of hydrogen-bond acceptors (Lipinski definition) is 3. The Kier molecular flexibility index (Phi) is 7.12. The van der Waals surface area contributed by atoms with Gasteiger partial charge in [0.2, 0.25) is 0 Å². The van der Waals surface area contributed by atoms with Crippen molar-refractivity contribution >= 4 is 0 Å². The molecule has 0 bridgehead atoms. The van der Waals surface area contributed by atoms with E-state index in [1.807, 2.05) is 54.6 Å². The molecule has 0 spiro atoms. The number of hydrogen-bond donors (Lipinski definition) is 1. The molecule has 0 aromatic heterocycles. The van der Waals surface area contributed by atoms with Crippen LogP contribution in [0.15, 0.2) is 78.9 Å². The van der Waals surface area contributed by atoms with Gasteiger partial charge in [0.15, 0.2) is 0 Å². The van der Waals surface area contributed by atoms with Gasteiger partial charge in [0.1, 0.15) is 12.4 Å². The van der Waals surface area contributed by atoms with Crippen molar-refractivity contribution in [2.45, 2.75) is 25.2 Å². The SMILES string of the molecule is FC(F)(F)c1cccc(C(c2ccccc2OCc2ccccc2)N2CCCNCC2)c1. The predicted molar refractivity (Wildman–Crippen MR) is 120 cm³/mol. The van der Waals surface area contributed by atoms with Crippen LogP contribution in [0, 0.1) is 0 Å². The average Bonchev–Trinajstić information content (AvgIpc) is 3.08. The number of alkyl halides is 3. The summed E-state index contributed by atoms with van der Waals surface area (Å²) in [6, 6.07) is 22.9. The molecule has 1 N–H and O–H groups in total. The third-order valence-corrected chi connectivity index (χ3v) is 5.72. The first-order valence-corrected chi connectivity index (χ1v) is 10.9. The lowest BCUT2D eigenvalue weighted by atomic mass is 9.94. The molecule has 6 heteroatoms. The van der Waals surface area contributed by atoms with Crippen molar-refractivity contribution < 1.29 is 17.9 Å². The molecule has 0 saturated carbocycles. The van der Waals surface area contributed by atoms with Gasteiger partial charge in [0.25, 0.3) is 0 Å². The fourth-order valence-corrected chi connectivity index (χ4v) is 4.17. The second kappa shape index (κ2) is 10.2. The summed E-state index contributed by atoms with van der Waals surface area (Å²) in [7, 11) is 0. The van der Waals surface area contributed by atoms with E-state index in [2.05, 4.69) is 10.2 Å². The standard InChI is InChI=1S/C26H27F3N2O/c27-26(28,29)22-11-6-10-21(18-22)25(31-16-7-14-30-15-17-31)23-12-4-5-13-24(23)32-19-20-8-2-1-3-9-20/h1-6,8-13,18,25,30H,7,14-17,19H2. The Morgan fingerprint density at radius 1 is 0.875 bits per heavy atom. The Labute approximate surface area is 186 Å². The number of benzene rings is 3. The molecule has 0 amide bonds. The molecule has 4 rings (SSSR count). The minimum Gasteiger partial charge on any atom is -0.489 e. The van der Waals surface area contributed by atoms with Gasteiger partial charge in [-0.3, -0.25) is 4.90 Å². The lowest BCUT2D eigenvalue weighted by Gasteiger charge is -2.32. The van der Waals surface area contributed by atoms with Crippen molar-refractivity contribution in [1.82, 2.24) is 10.2 Å². The summed E-state index contributed by atoms with van der Waals surface area (Å²) >= 11 is 0. The van der Waals surface area contributed by atoms with Gasteiger partial charge >= 0.3 is 6.18 Å². The third-order valence-electron chi connectivity index (χ3n) is 5.72. The molecular formula is C26H27F3N2O. The second-order valence-corrected chi connectivity index (χ2v) is 7.98. The van der Waals surface area contributed by atoms with Crippen LogP contribution >= 0.6 is 0 Å². The number of para-hydroxylation sites is 1. The lowest BCUT2D eigenvalue weighted by molar-refractivity contribution is -0.137. The molecular weight excluding hydrogens is 413 g/mol. The maximum Gasteiger partial charge on any atom is 0.416 e. The molecule has 32 heavy (non-hydrogen) atoms. The summed E-state index contributed by atoms with van der Waals surface area (Å²) in [6.45, 7) is 3.63. The van der Waals surface area contributed by atoms with Crippen molar-refractivity contribution in [1.29, 1.82) is 0 Å². The van der Waals surface area contributed by atoms with E-state index in [0.29, 0.717) is 17.9 Å². The maximum absolute atomic E-state index is 13.5. The van der Waals surface area contributed by atoms with Gasteiger partial charge in [-0.15, -0.1) is 0 Å². The third kappa shape index (κ3) is 5.50. The predicted octanol–water partition coefficient (Wildman–Crippen LogP) is 5.67. The van der Waals surface area contributed by atoms with Crippen molar-refractivity contribution in [2.24, 2.45) is 0 Å². The molecule has 1 unspecified atom stereocenters. The first kappa shape index (κ1) is 22.4. The Hall–Kier alpha value is -2.83. The van der Waals surface area contributed by atoms with Gasteiger partial charge in [0, 0.05) is 25.2 Å². The van der Waals surface area contributed by atoms with Crippen molar-refractivity contribution in [3.05, 3.63) is 101 Å². The van der Waals surface area contributed by atoms with Crippen LogP contribution in [0.25, 0.3) is 0 Å². The molecule has 1 heterocycles. The lowest BCUT2D eigenvalue weighted by Crippen LogP contribution is -2.33. The molecule has 1 saturated heterocycles. The van der Waals surface area contributed by atoms with Gasteiger partial charge in [-0.1, -0.05) is 60.7 Å². The summed E-state index contributed by atoms with van der Waals surface area (Å²) in [5.41, 5.74) is 1.91. The highest BCUT2D eigenvalue weighted by Crippen LogP contribution is 2.38. The number of halogens is 3. The van der Waals surface area contributed by atoms with Crippen molar-refractivity contribution in [2.75, 3.05) is 26.2 Å². The number of rotatable bonds is 6. The molecule has 0 radical (unpaired) electrons. The highest BCUT2D eigenvalue weighted by Gasteiger charge is 2.33. The van der Waals surface area contributed by atoms with E-state index in [9.17, 15) is 13.2 Å². The van der Waals surface area contributed by atoms with E-state index in [1.165, 1.54) is 12.1 Å².